The predicted molar refractivity (Wildman–Crippen MR) is 87.2 cm³/mol. The first-order valence-electron chi connectivity index (χ1n) is 7.55. The Morgan fingerprint density at radius 3 is 2.59 bits per heavy atom. The standard InChI is InChI=1S/C15H28ClN3O3/c1-11(2)22-7-6-21-10-13(20)8-18(4)9-14-12(3)17-19(5)15(14)16/h11,13,20H,6-10H2,1-5H3. The Morgan fingerprint density at radius 2 is 2.05 bits per heavy atom. The van der Waals surface area contributed by atoms with E-state index in [0.717, 1.165) is 11.3 Å². The maximum atomic E-state index is 9.99. The summed E-state index contributed by atoms with van der Waals surface area (Å²) in [5, 5.41) is 14.9. The highest BCUT2D eigenvalue weighted by Crippen LogP contribution is 2.20. The first-order valence-corrected chi connectivity index (χ1v) is 7.93. The first-order chi connectivity index (χ1) is 10.3. The van der Waals surface area contributed by atoms with E-state index >= 15 is 0 Å². The molecular weight excluding hydrogens is 306 g/mol. The third-order valence-electron chi connectivity index (χ3n) is 3.21. The second kappa shape index (κ2) is 9.47. The van der Waals surface area contributed by atoms with Gasteiger partial charge in [0.05, 0.1) is 37.7 Å². The van der Waals surface area contributed by atoms with Crippen molar-refractivity contribution in [1.29, 1.82) is 0 Å². The first kappa shape index (κ1) is 19.4. The van der Waals surface area contributed by atoms with Gasteiger partial charge >= 0.3 is 0 Å². The fourth-order valence-corrected chi connectivity index (χ4v) is 2.40. The number of hydrogen-bond acceptors (Lipinski definition) is 5. The number of aromatic nitrogens is 2. The Labute approximate surface area is 138 Å². The Bertz CT molecular complexity index is 451. The van der Waals surface area contributed by atoms with E-state index in [1.165, 1.54) is 0 Å². The molecule has 128 valence electrons. The van der Waals surface area contributed by atoms with Crippen LogP contribution in [0.15, 0.2) is 0 Å². The van der Waals surface area contributed by atoms with Crippen LogP contribution in [-0.2, 0) is 23.1 Å². The molecule has 1 unspecified atom stereocenters. The molecule has 0 aromatic carbocycles. The fourth-order valence-electron chi connectivity index (χ4n) is 2.16. The molecule has 7 heteroatoms. The van der Waals surface area contributed by atoms with E-state index in [0.29, 0.717) is 38.1 Å². The third-order valence-corrected chi connectivity index (χ3v) is 3.68. The summed E-state index contributed by atoms with van der Waals surface area (Å²) >= 11 is 6.21. The lowest BCUT2D eigenvalue weighted by atomic mass is 10.2. The monoisotopic (exact) mass is 333 g/mol. The molecule has 1 aromatic heterocycles. The second-order valence-electron chi connectivity index (χ2n) is 5.82. The van der Waals surface area contributed by atoms with Crippen molar-refractivity contribution in [3.8, 4) is 0 Å². The third kappa shape index (κ3) is 6.62. The van der Waals surface area contributed by atoms with Crippen molar-refractivity contribution < 1.29 is 14.6 Å². The van der Waals surface area contributed by atoms with Gasteiger partial charge in [0.1, 0.15) is 5.15 Å². The summed E-state index contributed by atoms with van der Waals surface area (Å²) in [4.78, 5) is 2.01. The Hall–Kier alpha value is -0.660. The molecule has 0 aliphatic carbocycles. The van der Waals surface area contributed by atoms with Crippen LogP contribution in [0.25, 0.3) is 0 Å². The highest BCUT2D eigenvalue weighted by Gasteiger charge is 2.15. The van der Waals surface area contributed by atoms with Gasteiger partial charge in [-0.2, -0.15) is 5.10 Å². The van der Waals surface area contributed by atoms with Gasteiger partial charge in [0.15, 0.2) is 0 Å². The highest BCUT2D eigenvalue weighted by atomic mass is 35.5. The van der Waals surface area contributed by atoms with Gasteiger partial charge in [0, 0.05) is 25.7 Å². The van der Waals surface area contributed by atoms with Crippen molar-refractivity contribution in [1.82, 2.24) is 14.7 Å². The molecule has 1 rings (SSSR count). The van der Waals surface area contributed by atoms with E-state index < -0.39 is 6.10 Å². The van der Waals surface area contributed by atoms with Crippen LogP contribution in [0.1, 0.15) is 25.1 Å². The summed E-state index contributed by atoms with van der Waals surface area (Å²) in [6.07, 6.45) is -0.341. The SMILES string of the molecule is Cc1nn(C)c(Cl)c1CN(C)CC(O)COCCOC(C)C. The van der Waals surface area contributed by atoms with Crippen molar-refractivity contribution in [2.75, 3.05) is 33.4 Å². The molecule has 1 heterocycles. The molecule has 0 aliphatic rings. The Morgan fingerprint density at radius 1 is 1.36 bits per heavy atom. The molecule has 0 saturated carbocycles. The van der Waals surface area contributed by atoms with Crippen molar-refractivity contribution in [2.45, 2.75) is 39.5 Å². The second-order valence-corrected chi connectivity index (χ2v) is 6.18. The summed E-state index contributed by atoms with van der Waals surface area (Å²) in [7, 11) is 3.76. The van der Waals surface area contributed by atoms with E-state index in [-0.39, 0.29) is 6.10 Å². The summed E-state index contributed by atoms with van der Waals surface area (Å²) in [5.74, 6) is 0. The van der Waals surface area contributed by atoms with Crippen LogP contribution in [0.5, 0.6) is 0 Å². The zero-order valence-corrected chi connectivity index (χ0v) is 14.9. The molecule has 0 radical (unpaired) electrons. The Balaban J connectivity index is 2.28. The van der Waals surface area contributed by atoms with E-state index in [4.69, 9.17) is 21.1 Å². The lowest BCUT2D eigenvalue weighted by Gasteiger charge is -2.20. The lowest BCUT2D eigenvalue weighted by Crippen LogP contribution is -2.32. The van der Waals surface area contributed by atoms with Gasteiger partial charge < -0.3 is 14.6 Å². The molecule has 1 atom stereocenters. The maximum Gasteiger partial charge on any atom is 0.131 e. The minimum Gasteiger partial charge on any atom is -0.389 e. The molecule has 0 bridgehead atoms. The largest absolute Gasteiger partial charge is 0.389 e. The van der Waals surface area contributed by atoms with E-state index in [9.17, 15) is 5.11 Å². The van der Waals surface area contributed by atoms with Crippen LogP contribution in [0.4, 0.5) is 0 Å². The maximum absolute atomic E-state index is 9.99. The number of aryl methyl sites for hydroxylation is 2. The minimum absolute atomic E-state index is 0.201. The summed E-state index contributed by atoms with van der Waals surface area (Å²) in [5.41, 5.74) is 1.90. The molecule has 0 amide bonds. The van der Waals surface area contributed by atoms with Crippen molar-refractivity contribution in [3.05, 3.63) is 16.4 Å². The number of rotatable bonds is 10. The van der Waals surface area contributed by atoms with E-state index in [1.807, 2.05) is 39.8 Å². The Kier molecular flexibility index (Phi) is 8.35. The molecular formula is C15H28ClN3O3. The van der Waals surface area contributed by atoms with Crippen molar-refractivity contribution in [2.24, 2.45) is 7.05 Å². The molecule has 1 N–H and O–H groups in total. The average Bonchev–Trinajstić information content (AvgIpc) is 2.64. The highest BCUT2D eigenvalue weighted by molar-refractivity contribution is 6.30. The normalized spacial score (nSPS) is 13.3. The molecule has 0 saturated heterocycles. The lowest BCUT2D eigenvalue weighted by molar-refractivity contribution is -0.0174. The number of halogens is 1. The smallest absolute Gasteiger partial charge is 0.131 e. The average molecular weight is 334 g/mol. The summed E-state index contributed by atoms with van der Waals surface area (Å²) in [6, 6.07) is 0. The summed E-state index contributed by atoms with van der Waals surface area (Å²) < 4.78 is 12.4. The number of nitrogens with zero attached hydrogens (tertiary/aromatic N) is 3. The quantitative estimate of drug-likeness (QED) is 0.659. The van der Waals surface area contributed by atoms with Gasteiger partial charge in [-0.05, 0) is 27.8 Å². The summed E-state index contributed by atoms with van der Waals surface area (Å²) in [6.45, 7) is 8.39. The number of hydrogen-bond donors (Lipinski definition) is 1. The van der Waals surface area contributed by atoms with Crippen molar-refractivity contribution in [3.63, 3.8) is 0 Å². The van der Waals surface area contributed by atoms with Gasteiger partial charge in [-0.3, -0.25) is 9.58 Å². The van der Waals surface area contributed by atoms with Crippen LogP contribution in [0, 0.1) is 6.92 Å². The molecule has 22 heavy (non-hydrogen) atoms. The van der Waals surface area contributed by atoms with Gasteiger partial charge in [-0.1, -0.05) is 11.6 Å². The van der Waals surface area contributed by atoms with E-state index in [2.05, 4.69) is 5.10 Å². The van der Waals surface area contributed by atoms with Crippen LogP contribution in [0.2, 0.25) is 5.15 Å². The number of likely N-dealkylation sites (N-methyl/N-ethyl adjacent to an activating group) is 1. The van der Waals surface area contributed by atoms with Gasteiger partial charge in [-0.25, -0.2) is 0 Å². The predicted octanol–water partition coefficient (Wildman–Crippen LogP) is 1.62. The molecule has 0 spiro atoms. The van der Waals surface area contributed by atoms with Crippen LogP contribution in [0.3, 0.4) is 0 Å². The molecule has 0 fully saturated rings. The van der Waals surface area contributed by atoms with Crippen molar-refractivity contribution >= 4 is 11.6 Å². The number of aliphatic hydroxyl groups is 1. The van der Waals surface area contributed by atoms with Gasteiger partial charge in [0.25, 0.3) is 0 Å². The van der Waals surface area contributed by atoms with Crippen LogP contribution in [-0.4, -0.2) is 65.4 Å². The van der Waals surface area contributed by atoms with Gasteiger partial charge in [0.2, 0.25) is 0 Å². The van der Waals surface area contributed by atoms with Gasteiger partial charge in [-0.15, -0.1) is 0 Å². The molecule has 0 aliphatic heterocycles. The topological polar surface area (TPSA) is 59.8 Å². The molecule has 1 aromatic rings. The molecule has 6 nitrogen and oxygen atoms in total. The van der Waals surface area contributed by atoms with Crippen LogP contribution < -0.4 is 0 Å². The number of ether oxygens (including phenoxy) is 2. The van der Waals surface area contributed by atoms with Crippen LogP contribution >= 0.6 is 11.6 Å². The fraction of sp³-hybridized carbons (Fsp3) is 0.800. The zero-order valence-electron chi connectivity index (χ0n) is 14.2. The zero-order chi connectivity index (χ0) is 16.7. The minimum atomic E-state index is -0.542. The number of aliphatic hydroxyl groups excluding tert-OH is 1. The van der Waals surface area contributed by atoms with E-state index in [1.54, 1.807) is 4.68 Å².